The molecule has 0 aliphatic carbocycles. The van der Waals surface area contributed by atoms with Gasteiger partial charge in [0, 0.05) is 18.4 Å². The van der Waals surface area contributed by atoms with Gasteiger partial charge in [0.05, 0.1) is 17.4 Å². The van der Waals surface area contributed by atoms with E-state index >= 15 is 0 Å². The van der Waals surface area contributed by atoms with Gasteiger partial charge in [-0.2, -0.15) is 0 Å². The Hall–Kier alpha value is -2.36. The van der Waals surface area contributed by atoms with Crippen LogP contribution in [-0.2, 0) is 6.42 Å². The number of hydrogen-bond acceptors (Lipinski definition) is 3. The van der Waals surface area contributed by atoms with E-state index in [0.29, 0.717) is 12.1 Å². The number of benzene rings is 1. The maximum Gasteiger partial charge on any atom is 0.252 e. The van der Waals surface area contributed by atoms with Crippen molar-refractivity contribution in [2.75, 3.05) is 11.9 Å². The Morgan fingerprint density at radius 3 is 2.77 bits per heavy atom. The highest BCUT2D eigenvalue weighted by Crippen LogP contribution is 2.21. The molecule has 1 aromatic heterocycles. The number of carbonyl (C=O) groups excluding carboxylic acids is 1. The highest BCUT2D eigenvalue weighted by molar-refractivity contribution is 5.94. The van der Waals surface area contributed by atoms with Crippen molar-refractivity contribution in [1.29, 1.82) is 0 Å². The van der Waals surface area contributed by atoms with E-state index < -0.39 is 0 Å². The first-order chi connectivity index (χ1) is 10.7. The predicted molar refractivity (Wildman–Crippen MR) is 90.6 cm³/mol. The SMILES string of the molecule is CCCCNC(=O)c1cncc(Nc2ccccc2CC)c1. The molecular weight excluding hydrogens is 274 g/mol. The number of para-hydroxylation sites is 1. The number of rotatable bonds is 7. The molecule has 1 amide bonds. The van der Waals surface area contributed by atoms with E-state index in [4.69, 9.17) is 0 Å². The first-order valence-corrected chi connectivity index (χ1v) is 7.82. The molecule has 1 heterocycles. The molecule has 0 saturated heterocycles. The van der Waals surface area contributed by atoms with Crippen LogP contribution < -0.4 is 10.6 Å². The summed E-state index contributed by atoms with van der Waals surface area (Å²) in [4.78, 5) is 16.2. The Morgan fingerprint density at radius 1 is 1.18 bits per heavy atom. The summed E-state index contributed by atoms with van der Waals surface area (Å²) in [5.74, 6) is -0.0756. The molecule has 0 unspecified atom stereocenters. The summed E-state index contributed by atoms with van der Waals surface area (Å²) in [6, 6.07) is 9.99. The highest BCUT2D eigenvalue weighted by atomic mass is 16.1. The Labute approximate surface area is 132 Å². The largest absolute Gasteiger partial charge is 0.354 e. The average molecular weight is 297 g/mol. The van der Waals surface area contributed by atoms with Crippen LogP contribution in [0.1, 0.15) is 42.6 Å². The van der Waals surface area contributed by atoms with Crippen molar-refractivity contribution in [2.45, 2.75) is 33.1 Å². The van der Waals surface area contributed by atoms with Gasteiger partial charge < -0.3 is 10.6 Å². The third kappa shape index (κ3) is 4.32. The summed E-state index contributed by atoms with van der Waals surface area (Å²) in [6.07, 6.45) is 6.33. The number of nitrogens with one attached hydrogen (secondary N) is 2. The van der Waals surface area contributed by atoms with Crippen LogP contribution in [0.25, 0.3) is 0 Å². The number of carbonyl (C=O) groups is 1. The van der Waals surface area contributed by atoms with Gasteiger partial charge in [0.15, 0.2) is 0 Å². The van der Waals surface area contributed by atoms with Gasteiger partial charge in [0.2, 0.25) is 0 Å². The van der Waals surface area contributed by atoms with E-state index in [9.17, 15) is 4.79 Å². The topological polar surface area (TPSA) is 54.0 Å². The number of unbranched alkanes of at least 4 members (excludes halogenated alkanes) is 1. The summed E-state index contributed by atoms with van der Waals surface area (Å²) in [6.45, 7) is 4.92. The molecule has 4 heteroatoms. The number of aryl methyl sites for hydroxylation is 1. The lowest BCUT2D eigenvalue weighted by molar-refractivity contribution is 0.0953. The Kier molecular flexibility index (Phi) is 5.95. The van der Waals surface area contributed by atoms with Crippen LogP contribution in [0.5, 0.6) is 0 Å². The van der Waals surface area contributed by atoms with Crippen LogP contribution in [0.15, 0.2) is 42.7 Å². The molecule has 1 aromatic carbocycles. The number of pyridine rings is 1. The lowest BCUT2D eigenvalue weighted by atomic mass is 10.1. The van der Waals surface area contributed by atoms with Gasteiger partial charge in [-0.05, 0) is 30.5 Å². The van der Waals surface area contributed by atoms with E-state index in [1.165, 1.54) is 5.56 Å². The minimum Gasteiger partial charge on any atom is -0.354 e. The van der Waals surface area contributed by atoms with E-state index in [1.54, 1.807) is 12.4 Å². The van der Waals surface area contributed by atoms with Crippen molar-refractivity contribution in [3.63, 3.8) is 0 Å². The van der Waals surface area contributed by atoms with Gasteiger partial charge >= 0.3 is 0 Å². The lowest BCUT2D eigenvalue weighted by Gasteiger charge is -2.11. The van der Waals surface area contributed by atoms with Crippen molar-refractivity contribution in [2.24, 2.45) is 0 Å². The number of aromatic nitrogens is 1. The van der Waals surface area contributed by atoms with Gasteiger partial charge in [-0.1, -0.05) is 38.5 Å². The fourth-order valence-electron chi connectivity index (χ4n) is 2.22. The van der Waals surface area contributed by atoms with E-state index in [2.05, 4.69) is 35.5 Å². The van der Waals surface area contributed by atoms with Crippen LogP contribution in [0.3, 0.4) is 0 Å². The zero-order valence-electron chi connectivity index (χ0n) is 13.2. The molecule has 0 saturated carbocycles. The Morgan fingerprint density at radius 2 is 2.00 bits per heavy atom. The Balaban J connectivity index is 2.09. The maximum absolute atomic E-state index is 12.1. The normalized spacial score (nSPS) is 10.3. The summed E-state index contributed by atoms with van der Waals surface area (Å²) >= 11 is 0. The first-order valence-electron chi connectivity index (χ1n) is 7.82. The molecule has 2 rings (SSSR count). The highest BCUT2D eigenvalue weighted by Gasteiger charge is 2.07. The monoisotopic (exact) mass is 297 g/mol. The molecule has 2 N–H and O–H groups in total. The molecule has 0 aliphatic rings. The molecule has 4 nitrogen and oxygen atoms in total. The van der Waals surface area contributed by atoms with Crippen molar-refractivity contribution in [3.05, 3.63) is 53.9 Å². The van der Waals surface area contributed by atoms with Gasteiger partial charge in [0.25, 0.3) is 5.91 Å². The van der Waals surface area contributed by atoms with Crippen molar-refractivity contribution in [3.8, 4) is 0 Å². The smallest absolute Gasteiger partial charge is 0.252 e. The second-order valence-corrected chi connectivity index (χ2v) is 5.21. The molecule has 116 valence electrons. The number of nitrogens with zero attached hydrogens (tertiary/aromatic N) is 1. The molecule has 0 aliphatic heterocycles. The minimum atomic E-state index is -0.0756. The van der Waals surface area contributed by atoms with Gasteiger partial charge in [-0.3, -0.25) is 9.78 Å². The van der Waals surface area contributed by atoms with E-state index in [1.807, 2.05) is 24.3 Å². The molecule has 0 spiro atoms. The fraction of sp³-hybridized carbons (Fsp3) is 0.333. The minimum absolute atomic E-state index is 0.0756. The second-order valence-electron chi connectivity index (χ2n) is 5.21. The Bertz CT molecular complexity index is 625. The number of amides is 1. The van der Waals surface area contributed by atoms with Crippen LogP contribution in [0.4, 0.5) is 11.4 Å². The summed E-state index contributed by atoms with van der Waals surface area (Å²) in [5.41, 5.74) is 3.69. The molecule has 0 fully saturated rings. The van der Waals surface area contributed by atoms with E-state index in [0.717, 1.165) is 30.6 Å². The summed E-state index contributed by atoms with van der Waals surface area (Å²) in [5, 5.41) is 6.25. The van der Waals surface area contributed by atoms with Crippen LogP contribution in [-0.4, -0.2) is 17.4 Å². The first kappa shape index (κ1) is 16.0. The third-order valence-corrected chi connectivity index (χ3v) is 3.49. The number of hydrogen-bond donors (Lipinski definition) is 2. The molecular formula is C18H23N3O. The lowest BCUT2D eigenvalue weighted by Crippen LogP contribution is -2.24. The maximum atomic E-state index is 12.1. The molecule has 0 radical (unpaired) electrons. The molecule has 22 heavy (non-hydrogen) atoms. The fourth-order valence-corrected chi connectivity index (χ4v) is 2.22. The zero-order chi connectivity index (χ0) is 15.8. The number of anilines is 2. The van der Waals surface area contributed by atoms with Crippen LogP contribution in [0.2, 0.25) is 0 Å². The second kappa shape index (κ2) is 8.17. The van der Waals surface area contributed by atoms with Gasteiger partial charge in [0.1, 0.15) is 0 Å². The molecule has 0 bridgehead atoms. The summed E-state index contributed by atoms with van der Waals surface area (Å²) < 4.78 is 0. The predicted octanol–water partition coefficient (Wildman–Crippen LogP) is 3.92. The zero-order valence-corrected chi connectivity index (χ0v) is 13.2. The van der Waals surface area contributed by atoms with E-state index in [-0.39, 0.29) is 5.91 Å². The van der Waals surface area contributed by atoms with Crippen LogP contribution >= 0.6 is 0 Å². The van der Waals surface area contributed by atoms with Crippen molar-refractivity contribution in [1.82, 2.24) is 10.3 Å². The third-order valence-electron chi connectivity index (χ3n) is 3.49. The van der Waals surface area contributed by atoms with Crippen molar-refractivity contribution < 1.29 is 4.79 Å². The van der Waals surface area contributed by atoms with Gasteiger partial charge in [-0.15, -0.1) is 0 Å². The van der Waals surface area contributed by atoms with Crippen molar-refractivity contribution >= 4 is 17.3 Å². The summed E-state index contributed by atoms with van der Waals surface area (Å²) in [7, 11) is 0. The standard InChI is InChI=1S/C18H23N3O/c1-3-5-10-20-18(22)15-11-16(13-19-12-15)21-17-9-7-6-8-14(17)4-2/h6-9,11-13,21H,3-5,10H2,1-2H3,(H,20,22). The van der Waals surface area contributed by atoms with Crippen LogP contribution in [0, 0.1) is 0 Å². The average Bonchev–Trinajstić information content (AvgIpc) is 2.56. The quantitative estimate of drug-likeness (QED) is 0.762. The molecule has 0 atom stereocenters. The van der Waals surface area contributed by atoms with Gasteiger partial charge in [-0.25, -0.2) is 0 Å². The molecule has 2 aromatic rings.